The normalized spacial score (nSPS) is 15.6. The van der Waals surface area contributed by atoms with Crippen LogP contribution >= 0.6 is 34.5 Å². The first-order chi connectivity index (χ1) is 12.8. The van der Waals surface area contributed by atoms with Gasteiger partial charge in [-0.1, -0.05) is 23.2 Å². The second-order valence-electron chi connectivity index (χ2n) is 6.57. The van der Waals surface area contributed by atoms with Crippen LogP contribution in [0.4, 0.5) is 5.13 Å². The van der Waals surface area contributed by atoms with Crippen molar-refractivity contribution in [3.8, 4) is 0 Å². The third kappa shape index (κ3) is 4.79. The lowest BCUT2D eigenvalue weighted by Crippen LogP contribution is -2.44. The molecular formula is C18H20Cl2N4O2S. The Bertz CT molecular complexity index is 850. The highest BCUT2D eigenvalue weighted by molar-refractivity contribution is 7.14. The van der Waals surface area contributed by atoms with Crippen LogP contribution in [0.25, 0.3) is 0 Å². The van der Waals surface area contributed by atoms with Crippen LogP contribution in [0.2, 0.25) is 10.0 Å². The van der Waals surface area contributed by atoms with Crippen molar-refractivity contribution in [1.82, 2.24) is 14.8 Å². The molecule has 144 valence electrons. The molecule has 27 heavy (non-hydrogen) atoms. The smallest absolute Gasteiger partial charge is 0.273 e. The fourth-order valence-electron chi connectivity index (χ4n) is 2.96. The molecule has 2 amide bonds. The van der Waals surface area contributed by atoms with E-state index in [-0.39, 0.29) is 17.9 Å². The Kier molecular flexibility index (Phi) is 6.37. The van der Waals surface area contributed by atoms with Crippen LogP contribution in [0.1, 0.15) is 33.7 Å². The van der Waals surface area contributed by atoms with Crippen LogP contribution in [0.5, 0.6) is 0 Å². The summed E-state index contributed by atoms with van der Waals surface area (Å²) >= 11 is 13.0. The fraction of sp³-hybridized carbons (Fsp3) is 0.389. The van der Waals surface area contributed by atoms with Crippen molar-refractivity contribution in [3.05, 3.63) is 44.9 Å². The summed E-state index contributed by atoms with van der Waals surface area (Å²) in [5.74, 6) is -0.485. The monoisotopic (exact) mass is 426 g/mol. The number of thiazole rings is 1. The first-order valence-electron chi connectivity index (χ1n) is 8.53. The number of halogens is 2. The molecule has 1 N–H and O–H groups in total. The number of piperidine rings is 1. The van der Waals surface area contributed by atoms with Gasteiger partial charge in [-0.15, -0.1) is 11.3 Å². The van der Waals surface area contributed by atoms with Crippen molar-refractivity contribution in [1.29, 1.82) is 0 Å². The molecule has 1 aromatic heterocycles. The van der Waals surface area contributed by atoms with Crippen molar-refractivity contribution in [3.63, 3.8) is 0 Å². The molecule has 1 aliphatic rings. The lowest BCUT2D eigenvalue weighted by molar-refractivity contribution is 0.0654. The van der Waals surface area contributed by atoms with Gasteiger partial charge in [0.05, 0.1) is 10.0 Å². The summed E-state index contributed by atoms with van der Waals surface area (Å²) in [5, 5.41) is 5.41. The number of carbonyl (C=O) groups is 2. The summed E-state index contributed by atoms with van der Waals surface area (Å²) < 4.78 is 0. The second-order valence-corrected chi connectivity index (χ2v) is 8.24. The van der Waals surface area contributed by atoms with Gasteiger partial charge in [0.1, 0.15) is 5.69 Å². The van der Waals surface area contributed by atoms with E-state index in [1.807, 2.05) is 7.05 Å². The Morgan fingerprint density at radius 2 is 1.96 bits per heavy atom. The summed E-state index contributed by atoms with van der Waals surface area (Å²) in [6, 6.07) is 4.85. The number of hydrogen-bond donors (Lipinski definition) is 1. The largest absolute Gasteiger partial charge is 0.337 e. The van der Waals surface area contributed by atoms with Gasteiger partial charge >= 0.3 is 0 Å². The van der Waals surface area contributed by atoms with Gasteiger partial charge in [0, 0.05) is 24.0 Å². The maximum atomic E-state index is 12.7. The molecule has 1 fully saturated rings. The molecule has 2 heterocycles. The van der Waals surface area contributed by atoms with Crippen molar-refractivity contribution in [2.24, 2.45) is 0 Å². The van der Waals surface area contributed by atoms with Gasteiger partial charge in [-0.05, 0) is 51.2 Å². The first kappa shape index (κ1) is 20.1. The molecule has 9 heteroatoms. The molecular weight excluding hydrogens is 407 g/mol. The SMILES string of the molecule is CN1CCC(N(C)C(=O)c2csc(NC(=O)c3ccc(Cl)c(Cl)c3)n2)CC1. The second kappa shape index (κ2) is 8.56. The summed E-state index contributed by atoms with van der Waals surface area (Å²) in [6.45, 7) is 1.95. The lowest BCUT2D eigenvalue weighted by Gasteiger charge is -2.34. The molecule has 1 aliphatic heterocycles. The topological polar surface area (TPSA) is 65.5 Å². The van der Waals surface area contributed by atoms with Crippen molar-refractivity contribution in [2.75, 3.05) is 32.5 Å². The Morgan fingerprint density at radius 3 is 2.63 bits per heavy atom. The predicted octanol–water partition coefficient (Wildman–Crippen LogP) is 3.87. The zero-order valence-corrected chi connectivity index (χ0v) is 17.4. The molecule has 0 radical (unpaired) electrons. The molecule has 0 spiro atoms. The van der Waals surface area contributed by atoms with Crippen LogP contribution < -0.4 is 5.32 Å². The van der Waals surface area contributed by atoms with Crippen molar-refractivity contribution in [2.45, 2.75) is 18.9 Å². The number of nitrogens with zero attached hydrogens (tertiary/aromatic N) is 3. The highest BCUT2D eigenvalue weighted by atomic mass is 35.5. The molecule has 6 nitrogen and oxygen atoms in total. The quantitative estimate of drug-likeness (QED) is 0.805. The zero-order chi connectivity index (χ0) is 19.6. The maximum absolute atomic E-state index is 12.7. The zero-order valence-electron chi connectivity index (χ0n) is 15.0. The van der Waals surface area contributed by atoms with E-state index in [1.165, 1.54) is 17.4 Å². The molecule has 0 atom stereocenters. The average molecular weight is 427 g/mol. The molecule has 2 aromatic rings. The summed E-state index contributed by atoms with van der Waals surface area (Å²) in [5.41, 5.74) is 0.710. The number of hydrogen-bond acceptors (Lipinski definition) is 5. The molecule has 0 aliphatic carbocycles. The van der Waals surface area contributed by atoms with Gasteiger partial charge < -0.3 is 9.80 Å². The van der Waals surface area contributed by atoms with Crippen molar-refractivity contribution >= 4 is 51.5 Å². The first-order valence-corrected chi connectivity index (χ1v) is 10.2. The Labute approximate surface area is 172 Å². The molecule has 0 bridgehead atoms. The lowest BCUT2D eigenvalue weighted by atomic mass is 10.0. The van der Waals surface area contributed by atoms with E-state index < -0.39 is 0 Å². The molecule has 1 saturated heterocycles. The minimum Gasteiger partial charge on any atom is -0.337 e. The molecule has 1 aromatic carbocycles. The highest BCUT2D eigenvalue weighted by Gasteiger charge is 2.26. The van der Waals surface area contributed by atoms with E-state index in [9.17, 15) is 9.59 Å². The van der Waals surface area contributed by atoms with Gasteiger partial charge in [-0.3, -0.25) is 14.9 Å². The van der Waals surface area contributed by atoms with Crippen molar-refractivity contribution < 1.29 is 9.59 Å². The van der Waals surface area contributed by atoms with E-state index in [2.05, 4.69) is 22.2 Å². The average Bonchev–Trinajstić information content (AvgIpc) is 3.11. The number of likely N-dealkylation sites (tertiary alicyclic amines) is 1. The van der Waals surface area contributed by atoms with E-state index in [0.29, 0.717) is 26.4 Å². The van der Waals surface area contributed by atoms with E-state index in [0.717, 1.165) is 25.9 Å². The van der Waals surface area contributed by atoms with Crippen LogP contribution in [0.15, 0.2) is 23.6 Å². The van der Waals surface area contributed by atoms with Gasteiger partial charge in [0.15, 0.2) is 5.13 Å². The molecule has 0 unspecified atom stereocenters. The molecule has 0 saturated carbocycles. The van der Waals surface area contributed by atoms with Crippen LogP contribution in [0, 0.1) is 0 Å². The molecule has 3 rings (SSSR count). The number of aromatic nitrogens is 1. The fourth-order valence-corrected chi connectivity index (χ4v) is 3.94. The number of anilines is 1. The Hall–Kier alpha value is -1.67. The Morgan fingerprint density at radius 1 is 1.26 bits per heavy atom. The summed E-state index contributed by atoms with van der Waals surface area (Å²) in [7, 11) is 3.90. The van der Waals surface area contributed by atoms with Gasteiger partial charge in [0.25, 0.3) is 11.8 Å². The number of rotatable bonds is 4. The third-order valence-electron chi connectivity index (χ3n) is 4.68. The van der Waals surface area contributed by atoms with Gasteiger partial charge in [-0.25, -0.2) is 4.98 Å². The van der Waals surface area contributed by atoms with Crippen LogP contribution in [-0.4, -0.2) is 59.8 Å². The van der Waals surface area contributed by atoms with E-state index in [4.69, 9.17) is 23.2 Å². The van der Waals surface area contributed by atoms with Crippen LogP contribution in [0.3, 0.4) is 0 Å². The van der Waals surface area contributed by atoms with Gasteiger partial charge in [0.2, 0.25) is 0 Å². The summed E-state index contributed by atoms with van der Waals surface area (Å²) in [6.07, 6.45) is 1.90. The number of benzene rings is 1. The predicted molar refractivity (Wildman–Crippen MR) is 109 cm³/mol. The van der Waals surface area contributed by atoms with Crippen LogP contribution in [-0.2, 0) is 0 Å². The summed E-state index contributed by atoms with van der Waals surface area (Å²) in [4.78, 5) is 33.3. The van der Waals surface area contributed by atoms with E-state index in [1.54, 1.807) is 22.4 Å². The highest BCUT2D eigenvalue weighted by Crippen LogP contribution is 2.24. The van der Waals surface area contributed by atoms with Gasteiger partial charge in [-0.2, -0.15) is 0 Å². The minimum absolute atomic E-state index is 0.129. The standard InChI is InChI=1S/C18H20Cl2N4O2S/c1-23-7-5-12(6-8-23)24(2)17(26)15-10-27-18(21-15)22-16(25)11-3-4-13(19)14(20)9-11/h3-4,9-10,12H,5-8H2,1-2H3,(H,21,22,25). The number of carbonyl (C=O) groups excluding carboxylic acids is 2. The maximum Gasteiger partial charge on any atom is 0.273 e. The Balaban J connectivity index is 1.64. The number of amides is 2. The van der Waals surface area contributed by atoms with E-state index >= 15 is 0 Å². The number of nitrogens with one attached hydrogen (secondary N) is 1. The third-order valence-corrected chi connectivity index (χ3v) is 6.18. The minimum atomic E-state index is -0.356.